The minimum atomic E-state index is 0.174. The van der Waals surface area contributed by atoms with Gasteiger partial charge in [-0.1, -0.05) is 30.3 Å². The first-order chi connectivity index (χ1) is 12.3. The van der Waals surface area contributed by atoms with Crippen LogP contribution in [0.15, 0.2) is 35.3 Å². The molecule has 1 aromatic rings. The van der Waals surface area contributed by atoms with Crippen molar-refractivity contribution >= 4 is 5.96 Å². The van der Waals surface area contributed by atoms with Crippen LogP contribution in [0.3, 0.4) is 0 Å². The predicted molar refractivity (Wildman–Crippen MR) is 98.9 cm³/mol. The van der Waals surface area contributed by atoms with Crippen LogP contribution in [0.2, 0.25) is 0 Å². The fourth-order valence-electron chi connectivity index (χ4n) is 4.12. The maximum absolute atomic E-state index is 5.95. The van der Waals surface area contributed by atoms with Gasteiger partial charge in [0.1, 0.15) is 6.10 Å². The van der Waals surface area contributed by atoms with Gasteiger partial charge in [0.15, 0.2) is 5.96 Å². The lowest BCUT2D eigenvalue weighted by molar-refractivity contribution is -0.0817. The molecule has 25 heavy (non-hydrogen) atoms. The first kappa shape index (κ1) is 16.9. The summed E-state index contributed by atoms with van der Waals surface area (Å²) in [5, 5.41) is 3.59. The van der Waals surface area contributed by atoms with Crippen molar-refractivity contribution in [1.82, 2.24) is 10.2 Å². The number of ether oxygens (including phenoxy) is 2. The molecule has 4 atom stereocenters. The van der Waals surface area contributed by atoms with Gasteiger partial charge in [0.25, 0.3) is 0 Å². The Kier molecular flexibility index (Phi) is 5.22. The largest absolute Gasteiger partial charge is 0.375 e. The van der Waals surface area contributed by atoms with E-state index in [2.05, 4.69) is 45.5 Å². The van der Waals surface area contributed by atoms with Gasteiger partial charge in [-0.2, -0.15) is 0 Å². The molecule has 2 heterocycles. The Morgan fingerprint density at radius 1 is 1.20 bits per heavy atom. The fraction of sp³-hybridized carbons (Fsp3) is 0.650. The van der Waals surface area contributed by atoms with Crippen LogP contribution in [0.5, 0.6) is 0 Å². The highest BCUT2D eigenvalue weighted by molar-refractivity contribution is 5.80. The van der Waals surface area contributed by atoms with Gasteiger partial charge in [0.2, 0.25) is 0 Å². The summed E-state index contributed by atoms with van der Waals surface area (Å²) >= 11 is 0. The number of nitrogens with one attached hydrogen (secondary N) is 1. The second-order valence-corrected chi connectivity index (χ2v) is 7.35. The Balaban J connectivity index is 1.28. The molecule has 2 aliphatic heterocycles. The molecule has 4 unspecified atom stereocenters. The Hall–Kier alpha value is -1.59. The first-order valence-electron chi connectivity index (χ1n) is 9.59. The predicted octanol–water partition coefficient (Wildman–Crippen LogP) is 2.25. The molecule has 0 spiro atoms. The van der Waals surface area contributed by atoms with E-state index in [0.29, 0.717) is 11.8 Å². The summed E-state index contributed by atoms with van der Waals surface area (Å²) in [4.78, 5) is 6.83. The molecule has 1 N–H and O–H groups in total. The Bertz CT molecular complexity index is 586. The molecule has 2 saturated heterocycles. The zero-order valence-electron chi connectivity index (χ0n) is 15.1. The highest BCUT2D eigenvalue weighted by Gasteiger charge is 2.38. The molecule has 5 nitrogen and oxygen atoms in total. The van der Waals surface area contributed by atoms with Gasteiger partial charge in [0.05, 0.1) is 12.7 Å². The van der Waals surface area contributed by atoms with E-state index in [4.69, 9.17) is 9.47 Å². The van der Waals surface area contributed by atoms with Crippen molar-refractivity contribution in [1.29, 1.82) is 0 Å². The van der Waals surface area contributed by atoms with Crippen LogP contribution in [0.1, 0.15) is 30.7 Å². The van der Waals surface area contributed by atoms with Gasteiger partial charge in [0, 0.05) is 33.3 Å². The molecule has 4 rings (SSSR count). The Morgan fingerprint density at radius 2 is 2.04 bits per heavy atom. The van der Waals surface area contributed by atoms with E-state index in [1.54, 1.807) is 0 Å². The molecular formula is C20H29N3O2. The van der Waals surface area contributed by atoms with Crippen LogP contribution in [0.25, 0.3) is 0 Å². The summed E-state index contributed by atoms with van der Waals surface area (Å²) in [5.41, 5.74) is 1.47. The topological polar surface area (TPSA) is 46.1 Å². The summed E-state index contributed by atoms with van der Waals surface area (Å²) in [6, 6.07) is 10.8. The number of aliphatic imine (C=N–C) groups is 1. The van der Waals surface area contributed by atoms with Crippen LogP contribution < -0.4 is 5.32 Å². The van der Waals surface area contributed by atoms with Crippen LogP contribution in [0, 0.1) is 5.92 Å². The SMILES string of the molecule is CN=C(NCC1CC1c1ccccc1)N1CCOC(C2CCCO2)C1. The van der Waals surface area contributed by atoms with Gasteiger partial charge >= 0.3 is 0 Å². The molecule has 1 saturated carbocycles. The summed E-state index contributed by atoms with van der Waals surface area (Å²) in [5.74, 6) is 2.43. The molecule has 0 aromatic heterocycles. The van der Waals surface area contributed by atoms with Crippen LogP contribution in [-0.4, -0.2) is 63.0 Å². The van der Waals surface area contributed by atoms with Crippen molar-refractivity contribution < 1.29 is 9.47 Å². The number of rotatable bonds is 4. The summed E-state index contributed by atoms with van der Waals surface area (Å²) in [6.07, 6.45) is 3.97. The zero-order chi connectivity index (χ0) is 17.1. The molecule has 0 bridgehead atoms. The van der Waals surface area contributed by atoms with Crippen molar-refractivity contribution in [2.45, 2.75) is 37.4 Å². The van der Waals surface area contributed by atoms with Gasteiger partial charge in [-0.05, 0) is 36.7 Å². The lowest BCUT2D eigenvalue weighted by atomic mass is 10.1. The zero-order valence-corrected chi connectivity index (χ0v) is 15.1. The number of nitrogens with zero attached hydrogens (tertiary/aromatic N) is 2. The number of hydrogen-bond donors (Lipinski definition) is 1. The van der Waals surface area contributed by atoms with Gasteiger partial charge < -0.3 is 19.7 Å². The summed E-state index contributed by atoms with van der Waals surface area (Å²) in [6.45, 7) is 4.39. The van der Waals surface area contributed by atoms with Crippen molar-refractivity contribution in [3.8, 4) is 0 Å². The third-order valence-corrected chi connectivity index (χ3v) is 5.66. The van der Waals surface area contributed by atoms with Crippen LogP contribution in [-0.2, 0) is 9.47 Å². The minimum absolute atomic E-state index is 0.174. The average molecular weight is 343 g/mol. The normalized spacial score (nSPS) is 32.7. The quantitative estimate of drug-likeness (QED) is 0.673. The van der Waals surface area contributed by atoms with E-state index in [-0.39, 0.29) is 12.2 Å². The highest BCUT2D eigenvalue weighted by Crippen LogP contribution is 2.46. The minimum Gasteiger partial charge on any atom is -0.375 e. The van der Waals surface area contributed by atoms with Gasteiger partial charge in [-0.25, -0.2) is 0 Å². The maximum atomic E-state index is 5.95. The second-order valence-electron chi connectivity index (χ2n) is 7.35. The van der Waals surface area contributed by atoms with E-state index < -0.39 is 0 Å². The standard InChI is InChI=1S/C20H29N3O2/c1-21-20(22-13-16-12-17(16)15-6-3-2-4-7-15)23-9-11-25-19(14-23)18-8-5-10-24-18/h2-4,6-7,16-19H,5,8-14H2,1H3,(H,21,22). The second kappa shape index (κ2) is 7.75. The number of guanidine groups is 1. The monoisotopic (exact) mass is 343 g/mol. The summed E-state index contributed by atoms with van der Waals surface area (Å²) in [7, 11) is 1.88. The van der Waals surface area contributed by atoms with E-state index in [1.807, 2.05) is 7.05 Å². The van der Waals surface area contributed by atoms with Crippen molar-refractivity contribution in [3.05, 3.63) is 35.9 Å². The average Bonchev–Trinajstić information content (AvgIpc) is 3.23. The lowest BCUT2D eigenvalue weighted by Gasteiger charge is -2.37. The van der Waals surface area contributed by atoms with E-state index in [9.17, 15) is 0 Å². The maximum Gasteiger partial charge on any atom is 0.193 e. The number of hydrogen-bond acceptors (Lipinski definition) is 3. The van der Waals surface area contributed by atoms with E-state index in [1.165, 1.54) is 12.0 Å². The van der Waals surface area contributed by atoms with Crippen molar-refractivity contribution in [3.63, 3.8) is 0 Å². The molecule has 3 aliphatic rings. The van der Waals surface area contributed by atoms with Gasteiger partial charge in [-0.3, -0.25) is 4.99 Å². The third-order valence-electron chi connectivity index (χ3n) is 5.66. The van der Waals surface area contributed by atoms with Crippen LogP contribution >= 0.6 is 0 Å². The summed E-state index contributed by atoms with van der Waals surface area (Å²) < 4.78 is 11.8. The molecule has 1 aliphatic carbocycles. The molecule has 5 heteroatoms. The molecule has 0 radical (unpaired) electrons. The third kappa shape index (κ3) is 3.98. The smallest absolute Gasteiger partial charge is 0.193 e. The Labute approximate surface area is 150 Å². The van der Waals surface area contributed by atoms with Gasteiger partial charge in [-0.15, -0.1) is 0 Å². The molecule has 0 amide bonds. The van der Waals surface area contributed by atoms with Crippen molar-refractivity contribution in [2.75, 3.05) is 39.9 Å². The van der Waals surface area contributed by atoms with E-state index >= 15 is 0 Å². The van der Waals surface area contributed by atoms with Crippen molar-refractivity contribution in [2.24, 2.45) is 10.9 Å². The fourth-order valence-corrected chi connectivity index (χ4v) is 4.12. The first-order valence-corrected chi connectivity index (χ1v) is 9.59. The van der Waals surface area contributed by atoms with E-state index in [0.717, 1.165) is 51.6 Å². The highest BCUT2D eigenvalue weighted by atomic mass is 16.5. The number of benzene rings is 1. The molecule has 1 aromatic carbocycles. The molecule has 136 valence electrons. The molecule has 3 fully saturated rings. The lowest BCUT2D eigenvalue weighted by Crippen LogP contribution is -2.53. The van der Waals surface area contributed by atoms with Crippen LogP contribution in [0.4, 0.5) is 0 Å². The Morgan fingerprint density at radius 3 is 2.80 bits per heavy atom. The molecular weight excluding hydrogens is 314 g/mol. The number of morpholine rings is 1.